The lowest BCUT2D eigenvalue weighted by Gasteiger charge is -2.41. The zero-order valence-corrected chi connectivity index (χ0v) is 13.8. The molecule has 0 saturated carbocycles. The smallest absolute Gasteiger partial charge is 0.169 e. The molecule has 1 fully saturated rings. The van der Waals surface area contributed by atoms with Gasteiger partial charge in [-0.2, -0.15) is 0 Å². The Labute approximate surface area is 125 Å². The number of carbonyl (C=O) groups excluding carboxylic acids is 1. The highest BCUT2D eigenvalue weighted by Gasteiger charge is 2.31. The molecule has 0 N–H and O–H groups in total. The fourth-order valence-electron chi connectivity index (χ4n) is 2.89. The van der Waals surface area contributed by atoms with E-state index in [-0.39, 0.29) is 11.4 Å². The van der Waals surface area contributed by atoms with Gasteiger partial charge >= 0.3 is 0 Å². The minimum atomic E-state index is -0.0183. The van der Waals surface area contributed by atoms with Crippen LogP contribution in [-0.2, 0) is 11.3 Å². The summed E-state index contributed by atoms with van der Waals surface area (Å²) >= 11 is 1.56. The summed E-state index contributed by atoms with van der Waals surface area (Å²) in [6.45, 7) is 11.0. The Hall–Kier alpha value is -0.710. The molecule has 1 aromatic heterocycles. The maximum Gasteiger partial charge on any atom is 0.169 e. The highest BCUT2D eigenvalue weighted by molar-refractivity contribution is 7.12. The molecule has 4 heteroatoms. The highest BCUT2D eigenvalue weighted by atomic mass is 32.1. The fourth-order valence-corrected chi connectivity index (χ4v) is 3.69. The van der Waals surface area contributed by atoms with Crippen molar-refractivity contribution < 1.29 is 9.53 Å². The summed E-state index contributed by atoms with van der Waals surface area (Å²) in [7, 11) is 0. The molecule has 0 bridgehead atoms. The van der Waals surface area contributed by atoms with Gasteiger partial charge in [-0.1, -0.05) is 6.92 Å². The molecule has 0 spiro atoms. The SMILES string of the molecule is CCN(Cc1csc(C(C)=O)c1)[C@H]1CCOC(C)(C)C1. The van der Waals surface area contributed by atoms with E-state index in [2.05, 4.69) is 31.1 Å². The van der Waals surface area contributed by atoms with E-state index < -0.39 is 0 Å². The fraction of sp³-hybridized carbons (Fsp3) is 0.688. The van der Waals surface area contributed by atoms with Crippen LogP contribution in [0.15, 0.2) is 11.4 Å². The molecule has 2 heterocycles. The van der Waals surface area contributed by atoms with Gasteiger partial charge in [-0.05, 0) is 57.2 Å². The van der Waals surface area contributed by atoms with Crippen molar-refractivity contribution in [2.75, 3.05) is 13.2 Å². The van der Waals surface area contributed by atoms with E-state index in [1.54, 1.807) is 18.3 Å². The summed E-state index contributed by atoms with van der Waals surface area (Å²) in [4.78, 5) is 14.8. The molecule has 0 aliphatic carbocycles. The normalized spacial score (nSPS) is 22.1. The molecule has 3 nitrogen and oxygen atoms in total. The third-order valence-corrected chi connectivity index (χ3v) is 5.06. The molecule has 20 heavy (non-hydrogen) atoms. The van der Waals surface area contributed by atoms with Crippen LogP contribution < -0.4 is 0 Å². The number of hydrogen-bond acceptors (Lipinski definition) is 4. The molecular formula is C16H25NO2S. The number of ether oxygens (including phenoxy) is 1. The first-order valence-corrected chi connectivity index (χ1v) is 8.25. The molecular weight excluding hydrogens is 270 g/mol. The van der Waals surface area contributed by atoms with Gasteiger partial charge in [0, 0.05) is 19.2 Å². The molecule has 0 amide bonds. The molecule has 1 atom stereocenters. The van der Waals surface area contributed by atoms with E-state index in [4.69, 9.17) is 4.74 Å². The van der Waals surface area contributed by atoms with Crippen LogP contribution in [0, 0.1) is 0 Å². The van der Waals surface area contributed by atoms with Gasteiger partial charge in [0.25, 0.3) is 0 Å². The lowest BCUT2D eigenvalue weighted by Crippen LogP contribution is -2.45. The van der Waals surface area contributed by atoms with Gasteiger partial charge in [0.05, 0.1) is 10.5 Å². The molecule has 0 aromatic carbocycles. The van der Waals surface area contributed by atoms with Gasteiger partial charge in [-0.25, -0.2) is 0 Å². The second-order valence-electron chi connectivity index (χ2n) is 6.19. The first kappa shape index (κ1) is 15.7. The van der Waals surface area contributed by atoms with Gasteiger partial charge in [0.15, 0.2) is 5.78 Å². The molecule has 1 aromatic rings. The Morgan fingerprint density at radius 3 is 2.85 bits per heavy atom. The largest absolute Gasteiger partial charge is 0.375 e. The Morgan fingerprint density at radius 2 is 2.30 bits per heavy atom. The van der Waals surface area contributed by atoms with Crippen LogP contribution in [0.25, 0.3) is 0 Å². The van der Waals surface area contributed by atoms with Crippen LogP contribution in [0.1, 0.15) is 55.8 Å². The average Bonchev–Trinajstić information content (AvgIpc) is 2.83. The number of hydrogen-bond donors (Lipinski definition) is 0. The van der Waals surface area contributed by atoms with Crippen molar-refractivity contribution in [3.63, 3.8) is 0 Å². The van der Waals surface area contributed by atoms with Crippen LogP contribution in [0.5, 0.6) is 0 Å². The highest BCUT2D eigenvalue weighted by Crippen LogP contribution is 2.28. The average molecular weight is 295 g/mol. The van der Waals surface area contributed by atoms with E-state index in [1.165, 1.54) is 5.56 Å². The Bertz CT molecular complexity index is 467. The minimum absolute atomic E-state index is 0.0183. The molecule has 0 unspecified atom stereocenters. The summed E-state index contributed by atoms with van der Waals surface area (Å²) in [6.07, 6.45) is 2.17. The predicted octanol–water partition coefficient (Wildman–Crippen LogP) is 3.73. The maximum atomic E-state index is 11.4. The predicted molar refractivity (Wildman–Crippen MR) is 83.5 cm³/mol. The van der Waals surface area contributed by atoms with E-state index in [0.717, 1.165) is 37.4 Å². The van der Waals surface area contributed by atoms with Gasteiger partial charge in [0.1, 0.15) is 0 Å². The standard InChI is InChI=1S/C16H25NO2S/c1-5-17(14-6-7-19-16(3,4)9-14)10-13-8-15(12(2)18)20-11-13/h8,11,14H,5-7,9-10H2,1-4H3/t14-/m0/s1. The Morgan fingerprint density at radius 1 is 1.55 bits per heavy atom. The summed E-state index contributed by atoms with van der Waals surface area (Å²) in [5, 5.41) is 2.11. The van der Waals surface area contributed by atoms with Crippen molar-refractivity contribution in [3.05, 3.63) is 21.9 Å². The number of carbonyl (C=O) groups is 1. The van der Waals surface area contributed by atoms with Gasteiger partial charge in [0.2, 0.25) is 0 Å². The van der Waals surface area contributed by atoms with Crippen molar-refractivity contribution in [1.82, 2.24) is 4.90 Å². The second kappa shape index (κ2) is 6.37. The van der Waals surface area contributed by atoms with E-state index in [0.29, 0.717) is 6.04 Å². The third kappa shape index (κ3) is 3.90. The lowest BCUT2D eigenvalue weighted by molar-refractivity contribution is -0.0838. The molecule has 112 valence electrons. The minimum Gasteiger partial charge on any atom is -0.375 e. The summed E-state index contributed by atoms with van der Waals surface area (Å²) in [5.41, 5.74) is 1.24. The van der Waals surface area contributed by atoms with E-state index in [9.17, 15) is 4.79 Å². The van der Waals surface area contributed by atoms with Crippen LogP contribution in [0.4, 0.5) is 0 Å². The Kier molecular flexibility index (Phi) is 4.99. The number of thiophene rings is 1. The van der Waals surface area contributed by atoms with Crippen molar-refractivity contribution in [3.8, 4) is 0 Å². The van der Waals surface area contributed by atoms with Crippen LogP contribution in [-0.4, -0.2) is 35.5 Å². The molecule has 1 aliphatic heterocycles. The van der Waals surface area contributed by atoms with Crippen molar-refractivity contribution in [1.29, 1.82) is 0 Å². The van der Waals surface area contributed by atoms with Crippen LogP contribution in [0.3, 0.4) is 0 Å². The van der Waals surface area contributed by atoms with Crippen LogP contribution in [0.2, 0.25) is 0 Å². The van der Waals surface area contributed by atoms with Crippen molar-refractivity contribution >= 4 is 17.1 Å². The molecule has 1 aliphatic rings. The summed E-state index contributed by atoms with van der Waals surface area (Å²) in [5.74, 6) is 0.163. The monoisotopic (exact) mass is 295 g/mol. The summed E-state index contributed by atoms with van der Waals surface area (Å²) < 4.78 is 5.81. The number of Topliss-reactive ketones (excluding diaryl/α,β-unsaturated/α-hetero) is 1. The van der Waals surface area contributed by atoms with Gasteiger partial charge in [-0.3, -0.25) is 9.69 Å². The second-order valence-corrected chi connectivity index (χ2v) is 7.10. The zero-order chi connectivity index (χ0) is 14.8. The van der Waals surface area contributed by atoms with E-state index in [1.807, 2.05) is 6.07 Å². The topological polar surface area (TPSA) is 29.5 Å². The molecule has 0 radical (unpaired) electrons. The third-order valence-electron chi connectivity index (χ3n) is 3.98. The molecule has 1 saturated heterocycles. The quantitative estimate of drug-likeness (QED) is 0.775. The van der Waals surface area contributed by atoms with Crippen molar-refractivity contribution in [2.45, 2.75) is 58.7 Å². The number of rotatable bonds is 5. The van der Waals surface area contributed by atoms with Crippen LogP contribution >= 0.6 is 11.3 Å². The summed E-state index contributed by atoms with van der Waals surface area (Å²) in [6, 6.07) is 2.62. The number of ketones is 1. The lowest BCUT2D eigenvalue weighted by atomic mass is 9.92. The molecule has 2 rings (SSSR count). The maximum absolute atomic E-state index is 11.4. The Balaban J connectivity index is 2.02. The van der Waals surface area contributed by atoms with Gasteiger partial charge in [-0.15, -0.1) is 11.3 Å². The first-order valence-electron chi connectivity index (χ1n) is 7.37. The van der Waals surface area contributed by atoms with Crippen molar-refractivity contribution in [2.24, 2.45) is 0 Å². The van der Waals surface area contributed by atoms with E-state index >= 15 is 0 Å². The zero-order valence-electron chi connectivity index (χ0n) is 12.9. The van der Waals surface area contributed by atoms with Gasteiger partial charge < -0.3 is 4.74 Å². The number of nitrogens with zero attached hydrogens (tertiary/aromatic N) is 1. The first-order chi connectivity index (χ1) is 9.41.